The molecule has 18 heavy (non-hydrogen) atoms. The number of rotatable bonds is 8. The Bertz CT molecular complexity index is 378. The molecule has 0 aliphatic rings. The van der Waals surface area contributed by atoms with Crippen LogP contribution in [0, 0.1) is 5.92 Å². The van der Waals surface area contributed by atoms with E-state index in [0.29, 0.717) is 12.6 Å². The number of carbonyl (C=O) groups is 1. The molecule has 1 aromatic heterocycles. The average molecular weight is 254 g/mol. The third-order valence-corrected chi connectivity index (χ3v) is 3.04. The van der Waals surface area contributed by atoms with Crippen LogP contribution in [-0.4, -0.2) is 38.7 Å². The van der Waals surface area contributed by atoms with Gasteiger partial charge in [-0.3, -0.25) is 4.68 Å². The zero-order chi connectivity index (χ0) is 13.5. The fourth-order valence-electron chi connectivity index (χ4n) is 1.78. The molecule has 0 aromatic carbocycles. The number of carboxylic acid groups (broad SMARTS) is 1. The second-order valence-electron chi connectivity index (χ2n) is 4.78. The van der Waals surface area contributed by atoms with Crippen molar-refractivity contribution in [3.05, 3.63) is 11.9 Å². The molecule has 102 valence electrons. The summed E-state index contributed by atoms with van der Waals surface area (Å²) in [6.45, 7) is 8.00. The van der Waals surface area contributed by atoms with E-state index in [1.54, 1.807) is 4.68 Å². The van der Waals surface area contributed by atoms with Crippen molar-refractivity contribution >= 4 is 5.97 Å². The summed E-state index contributed by atoms with van der Waals surface area (Å²) in [4.78, 5) is 10.6. The van der Waals surface area contributed by atoms with Gasteiger partial charge in [-0.25, -0.2) is 4.79 Å². The molecule has 1 aromatic rings. The molecule has 2 N–H and O–H groups in total. The Hall–Kier alpha value is -1.43. The van der Waals surface area contributed by atoms with Crippen LogP contribution in [0.15, 0.2) is 6.20 Å². The molecule has 6 nitrogen and oxygen atoms in total. The molecule has 1 heterocycles. The first kappa shape index (κ1) is 14.6. The van der Waals surface area contributed by atoms with Crippen LogP contribution < -0.4 is 5.32 Å². The van der Waals surface area contributed by atoms with Crippen molar-refractivity contribution in [1.29, 1.82) is 0 Å². The van der Waals surface area contributed by atoms with Crippen LogP contribution in [-0.2, 0) is 6.54 Å². The maximum atomic E-state index is 10.6. The van der Waals surface area contributed by atoms with Crippen LogP contribution in [0.4, 0.5) is 0 Å². The number of nitrogens with zero attached hydrogens (tertiary/aromatic N) is 3. The monoisotopic (exact) mass is 254 g/mol. The van der Waals surface area contributed by atoms with Crippen molar-refractivity contribution in [3.63, 3.8) is 0 Å². The molecule has 0 spiro atoms. The summed E-state index contributed by atoms with van der Waals surface area (Å²) in [5.41, 5.74) is -0.0114. The van der Waals surface area contributed by atoms with Gasteiger partial charge in [-0.2, -0.15) is 0 Å². The third-order valence-electron chi connectivity index (χ3n) is 3.04. The smallest absolute Gasteiger partial charge is 0.358 e. The lowest BCUT2D eigenvalue weighted by Gasteiger charge is -2.17. The highest BCUT2D eigenvalue weighted by atomic mass is 16.4. The molecule has 0 saturated carbocycles. The molecule has 6 heteroatoms. The van der Waals surface area contributed by atoms with E-state index in [-0.39, 0.29) is 5.69 Å². The van der Waals surface area contributed by atoms with E-state index in [9.17, 15) is 4.79 Å². The van der Waals surface area contributed by atoms with Gasteiger partial charge in [0, 0.05) is 12.6 Å². The van der Waals surface area contributed by atoms with E-state index < -0.39 is 5.97 Å². The Morgan fingerprint density at radius 1 is 1.56 bits per heavy atom. The summed E-state index contributed by atoms with van der Waals surface area (Å²) < 4.78 is 1.55. The van der Waals surface area contributed by atoms with E-state index in [4.69, 9.17) is 5.11 Å². The number of nitrogens with one attached hydrogen (secondary N) is 1. The second kappa shape index (κ2) is 7.10. The summed E-state index contributed by atoms with van der Waals surface area (Å²) >= 11 is 0. The van der Waals surface area contributed by atoms with Crippen molar-refractivity contribution in [2.24, 2.45) is 5.92 Å². The molecular weight excluding hydrogens is 232 g/mol. The van der Waals surface area contributed by atoms with E-state index >= 15 is 0 Å². The van der Waals surface area contributed by atoms with Gasteiger partial charge in [-0.15, -0.1) is 5.10 Å². The lowest BCUT2D eigenvalue weighted by molar-refractivity contribution is 0.0690. The maximum absolute atomic E-state index is 10.6. The highest BCUT2D eigenvalue weighted by molar-refractivity contribution is 5.84. The van der Waals surface area contributed by atoms with Gasteiger partial charge in [-0.1, -0.05) is 25.5 Å². The van der Waals surface area contributed by atoms with Crippen LogP contribution in [0.2, 0.25) is 0 Å². The second-order valence-corrected chi connectivity index (χ2v) is 4.78. The summed E-state index contributed by atoms with van der Waals surface area (Å²) in [6, 6.07) is 0.461. The zero-order valence-electron chi connectivity index (χ0n) is 11.3. The molecule has 0 aliphatic heterocycles. The van der Waals surface area contributed by atoms with Gasteiger partial charge >= 0.3 is 5.97 Å². The molecule has 0 amide bonds. The standard InChI is InChI=1S/C12H22N4O2/c1-4-9(2)7-10(3)13-5-6-16-8-11(12(17)18)14-15-16/h8-10,13H,4-7H2,1-3H3,(H,17,18). The van der Waals surface area contributed by atoms with Gasteiger partial charge in [-0.05, 0) is 19.3 Å². The van der Waals surface area contributed by atoms with Crippen LogP contribution in [0.5, 0.6) is 0 Å². The number of hydrogen-bond donors (Lipinski definition) is 2. The van der Waals surface area contributed by atoms with E-state index in [0.717, 1.165) is 18.9 Å². The van der Waals surface area contributed by atoms with Gasteiger partial charge < -0.3 is 10.4 Å². The Balaban J connectivity index is 2.26. The Kier molecular flexibility index (Phi) is 5.77. The van der Waals surface area contributed by atoms with Gasteiger partial charge in [0.1, 0.15) is 0 Å². The van der Waals surface area contributed by atoms with Crippen molar-refractivity contribution < 1.29 is 9.90 Å². The average Bonchev–Trinajstić information content (AvgIpc) is 2.77. The van der Waals surface area contributed by atoms with Crippen molar-refractivity contribution in [1.82, 2.24) is 20.3 Å². The largest absolute Gasteiger partial charge is 0.476 e. The predicted octanol–water partition coefficient (Wildman–Crippen LogP) is 1.39. The predicted molar refractivity (Wildman–Crippen MR) is 68.5 cm³/mol. The summed E-state index contributed by atoms with van der Waals surface area (Å²) in [7, 11) is 0. The lowest BCUT2D eigenvalue weighted by atomic mass is 10.0. The molecule has 0 bridgehead atoms. The first-order chi connectivity index (χ1) is 8.52. The van der Waals surface area contributed by atoms with Gasteiger partial charge in [0.15, 0.2) is 5.69 Å². The fraction of sp³-hybridized carbons (Fsp3) is 0.750. The first-order valence-corrected chi connectivity index (χ1v) is 6.39. The van der Waals surface area contributed by atoms with Crippen LogP contribution >= 0.6 is 0 Å². The highest BCUT2D eigenvalue weighted by Gasteiger charge is 2.09. The maximum Gasteiger partial charge on any atom is 0.358 e. The van der Waals surface area contributed by atoms with Crippen LogP contribution in [0.3, 0.4) is 0 Å². The van der Waals surface area contributed by atoms with E-state index in [1.807, 2.05) is 0 Å². The van der Waals surface area contributed by atoms with E-state index in [2.05, 4.69) is 36.4 Å². The summed E-state index contributed by atoms with van der Waals surface area (Å²) in [5, 5.41) is 19.4. The van der Waals surface area contributed by atoms with Crippen LogP contribution in [0.1, 0.15) is 44.1 Å². The minimum absolute atomic E-state index is 0.0114. The minimum atomic E-state index is -1.04. The molecule has 2 atom stereocenters. The summed E-state index contributed by atoms with van der Waals surface area (Å²) in [5.74, 6) is -0.322. The number of aromatic carboxylic acids is 1. The van der Waals surface area contributed by atoms with Crippen molar-refractivity contribution in [3.8, 4) is 0 Å². The van der Waals surface area contributed by atoms with Gasteiger partial charge in [0.2, 0.25) is 0 Å². The molecule has 0 aliphatic carbocycles. The molecule has 0 radical (unpaired) electrons. The zero-order valence-corrected chi connectivity index (χ0v) is 11.3. The Labute approximate surface area is 107 Å². The lowest BCUT2D eigenvalue weighted by Crippen LogP contribution is -2.30. The third kappa shape index (κ3) is 4.83. The molecule has 0 fully saturated rings. The SMILES string of the molecule is CCC(C)CC(C)NCCn1cc(C(=O)O)nn1. The molecule has 0 saturated heterocycles. The normalized spacial score (nSPS) is 14.4. The fourth-order valence-corrected chi connectivity index (χ4v) is 1.78. The van der Waals surface area contributed by atoms with Crippen molar-refractivity contribution in [2.75, 3.05) is 6.54 Å². The van der Waals surface area contributed by atoms with E-state index in [1.165, 1.54) is 12.6 Å². The van der Waals surface area contributed by atoms with Crippen LogP contribution in [0.25, 0.3) is 0 Å². The number of carboxylic acids is 1. The quantitative estimate of drug-likeness (QED) is 0.732. The minimum Gasteiger partial charge on any atom is -0.476 e. The van der Waals surface area contributed by atoms with Crippen molar-refractivity contribution in [2.45, 2.75) is 46.2 Å². The van der Waals surface area contributed by atoms with Gasteiger partial charge in [0.05, 0.1) is 12.7 Å². The summed E-state index contributed by atoms with van der Waals surface area (Å²) in [6.07, 6.45) is 3.79. The first-order valence-electron chi connectivity index (χ1n) is 6.39. The van der Waals surface area contributed by atoms with Gasteiger partial charge in [0.25, 0.3) is 0 Å². The Morgan fingerprint density at radius 3 is 2.83 bits per heavy atom. The number of hydrogen-bond acceptors (Lipinski definition) is 4. The number of aromatic nitrogens is 3. The Morgan fingerprint density at radius 2 is 2.28 bits per heavy atom. The highest BCUT2D eigenvalue weighted by Crippen LogP contribution is 2.08. The molecule has 1 rings (SSSR count). The molecular formula is C12H22N4O2. The molecule has 2 unspecified atom stereocenters. The topological polar surface area (TPSA) is 80.0 Å².